The van der Waals surface area contributed by atoms with Crippen LogP contribution >= 0.6 is 11.6 Å². The Balaban J connectivity index is 2.49. The van der Waals surface area contributed by atoms with Gasteiger partial charge in [0.1, 0.15) is 11.6 Å². The molecule has 2 aromatic rings. The number of halogens is 2. The van der Waals surface area contributed by atoms with Crippen LogP contribution in [0.5, 0.6) is 0 Å². The van der Waals surface area contributed by atoms with Crippen molar-refractivity contribution in [1.29, 1.82) is 0 Å². The molecular weight excluding hydrogens is 277 g/mol. The number of hydrogen-bond acceptors (Lipinski definition) is 3. The van der Waals surface area contributed by atoms with Gasteiger partial charge in [0.05, 0.1) is 11.1 Å². The number of hydrogen-bond donors (Lipinski definition) is 2. The average molecular weight is 294 g/mol. The Labute approximate surface area is 123 Å². The summed E-state index contributed by atoms with van der Waals surface area (Å²) in [5.74, 6) is 0.198. The number of nitrogens with zero attached hydrogens (tertiary/aromatic N) is 1. The predicted molar refractivity (Wildman–Crippen MR) is 80.3 cm³/mol. The van der Waals surface area contributed by atoms with E-state index in [0.29, 0.717) is 16.4 Å². The van der Waals surface area contributed by atoms with E-state index in [1.165, 1.54) is 12.3 Å². The average Bonchev–Trinajstić information content (AvgIpc) is 2.42. The fourth-order valence-corrected chi connectivity index (χ4v) is 2.32. The number of benzene rings is 1. The second-order valence-electron chi connectivity index (χ2n) is 4.63. The van der Waals surface area contributed by atoms with Crippen LogP contribution < -0.4 is 11.1 Å². The highest BCUT2D eigenvalue weighted by molar-refractivity contribution is 6.30. The molecule has 0 spiro atoms. The lowest BCUT2D eigenvalue weighted by Gasteiger charge is -2.21. The van der Waals surface area contributed by atoms with Crippen LogP contribution in [0.1, 0.15) is 29.7 Å². The Morgan fingerprint density at radius 1 is 1.40 bits per heavy atom. The quantitative estimate of drug-likeness (QED) is 0.907. The van der Waals surface area contributed by atoms with Gasteiger partial charge in [-0.2, -0.15) is 0 Å². The lowest BCUT2D eigenvalue weighted by Crippen LogP contribution is -2.23. The van der Waals surface area contributed by atoms with Crippen LogP contribution in [0.2, 0.25) is 5.02 Å². The van der Waals surface area contributed by atoms with Crippen molar-refractivity contribution < 1.29 is 4.39 Å². The van der Waals surface area contributed by atoms with Crippen LogP contribution in [-0.4, -0.2) is 11.5 Å². The molecule has 0 saturated heterocycles. The van der Waals surface area contributed by atoms with Gasteiger partial charge in [-0.05, 0) is 36.7 Å². The topological polar surface area (TPSA) is 50.9 Å². The lowest BCUT2D eigenvalue weighted by molar-refractivity contribution is 0.606. The van der Waals surface area contributed by atoms with Crippen molar-refractivity contribution in [3.63, 3.8) is 0 Å². The van der Waals surface area contributed by atoms with Gasteiger partial charge in [-0.25, -0.2) is 9.37 Å². The highest BCUT2D eigenvalue weighted by Crippen LogP contribution is 2.28. The maximum absolute atomic E-state index is 13.4. The van der Waals surface area contributed by atoms with Crippen LogP contribution in [0.4, 0.5) is 10.2 Å². The molecule has 0 aliphatic rings. The maximum Gasteiger partial charge on any atom is 0.128 e. The third-order valence-corrected chi connectivity index (χ3v) is 3.36. The Kier molecular flexibility index (Phi) is 4.57. The van der Waals surface area contributed by atoms with E-state index < -0.39 is 0 Å². The second-order valence-corrected chi connectivity index (χ2v) is 5.06. The predicted octanol–water partition coefficient (Wildman–Crippen LogP) is 3.46. The molecule has 0 bridgehead atoms. The number of nitrogens with one attached hydrogen (secondary N) is 1. The normalized spacial score (nSPS) is 12.4. The van der Waals surface area contributed by atoms with Crippen LogP contribution in [0.3, 0.4) is 0 Å². The van der Waals surface area contributed by atoms with E-state index in [4.69, 9.17) is 17.3 Å². The van der Waals surface area contributed by atoms with E-state index >= 15 is 0 Å². The number of aromatic nitrogens is 1. The molecule has 20 heavy (non-hydrogen) atoms. The standard InChI is InChI=1S/C15H17ClFN3/c1-3-19-14(10-4-5-13(17)9(2)6-10)12-7-11(16)8-20-15(12)18/h4-8,14,19H,3H2,1-2H3,(H2,18,20). The van der Waals surface area contributed by atoms with Crippen molar-refractivity contribution in [2.45, 2.75) is 19.9 Å². The molecule has 1 aromatic heterocycles. The van der Waals surface area contributed by atoms with Crippen molar-refractivity contribution in [2.24, 2.45) is 0 Å². The summed E-state index contributed by atoms with van der Waals surface area (Å²) in [4.78, 5) is 4.08. The summed E-state index contributed by atoms with van der Waals surface area (Å²) in [6.07, 6.45) is 1.51. The Morgan fingerprint density at radius 2 is 2.15 bits per heavy atom. The van der Waals surface area contributed by atoms with Gasteiger partial charge in [-0.1, -0.05) is 30.7 Å². The van der Waals surface area contributed by atoms with Gasteiger partial charge in [0.15, 0.2) is 0 Å². The first-order valence-corrected chi connectivity index (χ1v) is 6.81. The van der Waals surface area contributed by atoms with Crippen molar-refractivity contribution in [1.82, 2.24) is 10.3 Å². The van der Waals surface area contributed by atoms with Gasteiger partial charge in [0.25, 0.3) is 0 Å². The molecule has 0 aliphatic carbocycles. The van der Waals surface area contributed by atoms with E-state index in [9.17, 15) is 4.39 Å². The molecule has 1 unspecified atom stereocenters. The zero-order valence-corrected chi connectivity index (χ0v) is 12.2. The van der Waals surface area contributed by atoms with E-state index in [1.54, 1.807) is 19.1 Å². The van der Waals surface area contributed by atoms with Gasteiger partial charge in [-0.15, -0.1) is 0 Å². The summed E-state index contributed by atoms with van der Waals surface area (Å²) in [6, 6.07) is 6.64. The fourth-order valence-electron chi connectivity index (χ4n) is 2.16. The fraction of sp³-hybridized carbons (Fsp3) is 0.267. The first-order chi connectivity index (χ1) is 9.52. The molecule has 5 heteroatoms. The van der Waals surface area contributed by atoms with Gasteiger partial charge in [0, 0.05) is 11.8 Å². The van der Waals surface area contributed by atoms with E-state index in [0.717, 1.165) is 17.7 Å². The molecule has 3 N–H and O–H groups in total. The van der Waals surface area contributed by atoms with Gasteiger partial charge < -0.3 is 11.1 Å². The van der Waals surface area contributed by atoms with Crippen LogP contribution in [-0.2, 0) is 0 Å². The Bertz CT molecular complexity index is 616. The molecule has 0 aliphatic heterocycles. The molecule has 1 heterocycles. The molecular formula is C15H17ClFN3. The molecule has 1 aromatic carbocycles. The lowest BCUT2D eigenvalue weighted by atomic mass is 9.97. The summed E-state index contributed by atoms with van der Waals surface area (Å²) in [7, 11) is 0. The monoisotopic (exact) mass is 293 g/mol. The SMILES string of the molecule is CCNC(c1ccc(F)c(C)c1)c1cc(Cl)cnc1N. The zero-order chi connectivity index (χ0) is 14.7. The molecule has 0 saturated carbocycles. The zero-order valence-electron chi connectivity index (χ0n) is 11.5. The maximum atomic E-state index is 13.4. The van der Waals surface area contributed by atoms with E-state index in [2.05, 4.69) is 10.3 Å². The largest absolute Gasteiger partial charge is 0.383 e. The van der Waals surface area contributed by atoms with Gasteiger partial charge in [0.2, 0.25) is 0 Å². The van der Waals surface area contributed by atoms with Crippen LogP contribution in [0, 0.1) is 12.7 Å². The third kappa shape index (κ3) is 3.08. The second kappa shape index (κ2) is 6.20. The van der Waals surface area contributed by atoms with Crippen molar-refractivity contribution in [3.8, 4) is 0 Å². The van der Waals surface area contributed by atoms with Gasteiger partial charge >= 0.3 is 0 Å². The van der Waals surface area contributed by atoms with Crippen molar-refractivity contribution >= 4 is 17.4 Å². The number of rotatable bonds is 4. The molecule has 106 valence electrons. The Morgan fingerprint density at radius 3 is 2.80 bits per heavy atom. The van der Waals surface area contributed by atoms with E-state index in [1.807, 2.05) is 13.0 Å². The van der Waals surface area contributed by atoms with Crippen molar-refractivity contribution in [3.05, 3.63) is 58.0 Å². The minimum absolute atomic E-state index is 0.162. The molecule has 1 atom stereocenters. The van der Waals surface area contributed by atoms with E-state index in [-0.39, 0.29) is 11.9 Å². The summed E-state index contributed by atoms with van der Waals surface area (Å²) in [5, 5.41) is 3.85. The molecule has 2 rings (SSSR count). The number of pyridine rings is 1. The van der Waals surface area contributed by atoms with Crippen LogP contribution in [0.25, 0.3) is 0 Å². The molecule has 0 radical (unpaired) electrons. The molecule has 0 fully saturated rings. The molecule has 0 amide bonds. The minimum Gasteiger partial charge on any atom is -0.383 e. The summed E-state index contributed by atoms with van der Waals surface area (Å²) >= 11 is 6.00. The van der Waals surface area contributed by atoms with Crippen molar-refractivity contribution in [2.75, 3.05) is 12.3 Å². The molecule has 3 nitrogen and oxygen atoms in total. The minimum atomic E-state index is -0.221. The van der Waals surface area contributed by atoms with Crippen LogP contribution in [0.15, 0.2) is 30.5 Å². The third-order valence-electron chi connectivity index (χ3n) is 3.15. The first kappa shape index (κ1) is 14.8. The first-order valence-electron chi connectivity index (χ1n) is 6.43. The summed E-state index contributed by atoms with van der Waals surface area (Å²) < 4.78 is 13.4. The van der Waals surface area contributed by atoms with Gasteiger partial charge in [-0.3, -0.25) is 0 Å². The number of aryl methyl sites for hydroxylation is 1. The number of anilines is 1. The summed E-state index contributed by atoms with van der Waals surface area (Å²) in [5.41, 5.74) is 8.27. The number of nitrogen functional groups attached to an aromatic ring is 1. The summed E-state index contributed by atoms with van der Waals surface area (Å²) in [6.45, 7) is 4.48. The Hall–Kier alpha value is -1.65. The number of nitrogens with two attached hydrogens (primary N) is 1. The highest BCUT2D eigenvalue weighted by atomic mass is 35.5. The smallest absolute Gasteiger partial charge is 0.128 e. The highest BCUT2D eigenvalue weighted by Gasteiger charge is 2.17.